The summed E-state index contributed by atoms with van der Waals surface area (Å²) in [6.45, 7) is 4.20. The van der Waals surface area contributed by atoms with Gasteiger partial charge in [-0.05, 0) is 55.2 Å². The Labute approximate surface area is 234 Å². The molecule has 0 heterocycles. The van der Waals surface area contributed by atoms with E-state index < -0.39 is 48.1 Å². The van der Waals surface area contributed by atoms with Crippen molar-refractivity contribution in [3.63, 3.8) is 0 Å². The first kappa shape index (κ1) is 33.2. The minimum Gasteiger partial charge on any atom is -0.723 e. The minimum atomic E-state index is -2.00. The van der Waals surface area contributed by atoms with Gasteiger partial charge in [0.1, 0.15) is 6.61 Å². The zero-order valence-electron chi connectivity index (χ0n) is 21.7. The largest absolute Gasteiger partial charge is 1.00 e. The van der Waals surface area contributed by atoms with Gasteiger partial charge in [0.25, 0.3) is 0 Å². The maximum atomic E-state index is 12.7. The second-order valence-corrected chi connectivity index (χ2v) is 9.82. The molecule has 0 aromatic carbocycles. The van der Waals surface area contributed by atoms with Gasteiger partial charge in [0.05, 0.1) is 24.4 Å². The van der Waals surface area contributed by atoms with Crippen molar-refractivity contribution in [2.24, 2.45) is 22.9 Å². The van der Waals surface area contributed by atoms with E-state index in [2.05, 4.69) is 10.1 Å². The van der Waals surface area contributed by atoms with E-state index in [1.165, 1.54) is 6.92 Å². The molecule has 0 saturated heterocycles. The van der Waals surface area contributed by atoms with Gasteiger partial charge in [-0.2, -0.15) is 0 Å². The van der Waals surface area contributed by atoms with Gasteiger partial charge in [-0.25, -0.2) is 0 Å². The standard InChI is InChI=1S/C25H39NO9.Na/c1-4-22(30)25(3,26-32)23(31)14-34-21-13-19(29)11-16-6-5-15(2)20(24(16)21)8-7-17(27)12-18(28)9-10-35-33;/h5-6,11,15,17-21,24,27-29,33H,4,7-10,12-14H2,1-3H3;/q;+1/p-1. The average Bonchev–Trinajstić information content (AvgIpc) is 2.84. The molecule has 2 rings (SSSR count). The Morgan fingerprint density at radius 1 is 1.25 bits per heavy atom. The molecule has 36 heavy (non-hydrogen) atoms. The summed E-state index contributed by atoms with van der Waals surface area (Å²) in [6.07, 6.45) is 4.38. The van der Waals surface area contributed by atoms with Crippen LogP contribution in [0.2, 0.25) is 0 Å². The average molecular weight is 520 g/mol. The van der Waals surface area contributed by atoms with Crippen LogP contribution in [0.3, 0.4) is 0 Å². The Morgan fingerprint density at radius 3 is 2.53 bits per heavy atom. The maximum Gasteiger partial charge on any atom is 1.00 e. The monoisotopic (exact) mass is 519 g/mol. The van der Waals surface area contributed by atoms with Crippen LogP contribution in [0, 0.1) is 22.7 Å². The number of carbonyl (C=O) groups is 2. The Bertz CT molecular complexity index is 804. The van der Waals surface area contributed by atoms with Gasteiger partial charge in [0.15, 0.2) is 11.6 Å². The van der Waals surface area contributed by atoms with E-state index in [0.717, 1.165) is 5.57 Å². The van der Waals surface area contributed by atoms with Crippen LogP contribution in [0.4, 0.5) is 0 Å². The second-order valence-electron chi connectivity index (χ2n) is 9.82. The summed E-state index contributed by atoms with van der Waals surface area (Å²) in [6, 6.07) is 0. The summed E-state index contributed by atoms with van der Waals surface area (Å²) >= 11 is 0. The summed E-state index contributed by atoms with van der Waals surface area (Å²) in [7, 11) is 0. The molecule has 0 spiro atoms. The van der Waals surface area contributed by atoms with Gasteiger partial charge in [-0.3, -0.25) is 9.59 Å². The molecule has 0 aromatic rings. The van der Waals surface area contributed by atoms with Crippen molar-refractivity contribution < 1.29 is 69.3 Å². The first-order valence-corrected chi connectivity index (χ1v) is 12.3. The number of ketones is 2. The van der Waals surface area contributed by atoms with E-state index in [0.29, 0.717) is 12.8 Å². The molecule has 0 aromatic heterocycles. The molecule has 0 fully saturated rings. The maximum absolute atomic E-state index is 12.7. The van der Waals surface area contributed by atoms with Gasteiger partial charge in [0, 0.05) is 25.4 Å². The molecule has 0 amide bonds. The fraction of sp³-hybridized carbons (Fsp3) is 0.760. The van der Waals surface area contributed by atoms with Crippen molar-refractivity contribution in [3.05, 3.63) is 28.7 Å². The van der Waals surface area contributed by atoms with E-state index in [1.54, 1.807) is 13.0 Å². The van der Waals surface area contributed by atoms with Crippen molar-refractivity contribution in [1.29, 1.82) is 0 Å². The summed E-state index contributed by atoms with van der Waals surface area (Å²) in [5, 5.41) is 43.6. The number of carbonyl (C=O) groups excluding carboxylic acids is 2. The van der Waals surface area contributed by atoms with Gasteiger partial charge in [-0.1, -0.05) is 32.1 Å². The summed E-state index contributed by atoms with van der Waals surface area (Å²) in [5.74, 6) is -1.29. The zero-order chi connectivity index (χ0) is 26.2. The van der Waals surface area contributed by atoms with Crippen LogP contribution in [0.1, 0.15) is 59.3 Å². The Balaban J connectivity index is 0.00000648. The third kappa shape index (κ3) is 8.61. The predicted molar refractivity (Wildman–Crippen MR) is 125 cm³/mol. The van der Waals surface area contributed by atoms with Crippen LogP contribution >= 0.6 is 0 Å². The fourth-order valence-electron chi connectivity index (χ4n) is 5.08. The van der Waals surface area contributed by atoms with E-state index in [-0.39, 0.29) is 79.6 Å². The Kier molecular flexibility index (Phi) is 14.4. The van der Waals surface area contributed by atoms with Crippen LogP contribution in [-0.4, -0.2) is 70.1 Å². The number of ether oxygens (including phenoxy) is 1. The molecular formula is C25H38NNaO9. The summed E-state index contributed by atoms with van der Waals surface area (Å²) in [5.41, 5.74) is -1.12. The molecule has 0 saturated carbocycles. The molecule has 0 radical (unpaired) electrons. The Morgan fingerprint density at radius 2 is 1.92 bits per heavy atom. The van der Waals surface area contributed by atoms with Crippen molar-refractivity contribution in [2.45, 2.75) is 89.3 Å². The van der Waals surface area contributed by atoms with Crippen molar-refractivity contribution in [3.8, 4) is 0 Å². The number of aliphatic hydroxyl groups excluding tert-OH is 3. The first-order chi connectivity index (χ1) is 16.6. The topological polar surface area (TPSA) is 166 Å². The normalized spacial score (nSPS) is 28.6. The first-order valence-electron chi connectivity index (χ1n) is 12.3. The van der Waals surface area contributed by atoms with Crippen LogP contribution < -0.4 is 34.8 Å². The molecular weight excluding hydrogens is 481 g/mol. The molecule has 0 aliphatic heterocycles. The number of hydrogen-bond acceptors (Lipinski definition) is 10. The molecule has 3 N–H and O–H groups in total. The molecule has 2 aliphatic carbocycles. The molecule has 198 valence electrons. The fourth-order valence-corrected chi connectivity index (χ4v) is 5.08. The second kappa shape index (κ2) is 15.6. The van der Waals surface area contributed by atoms with E-state index in [1.807, 2.05) is 19.1 Å². The zero-order valence-corrected chi connectivity index (χ0v) is 23.7. The molecule has 10 nitrogen and oxygen atoms in total. The van der Waals surface area contributed by atoms with Gasteiger partial charge in [-0.15, -0.1) is 4.91 Å². The molecule has 0 bridgehead atoms. The SMILES string of the molecule is CCC(=O)C(C)(N=O)C(=O)COC1CC(O)C=C2C=CC(C)C(CCC(O)CC(O)CCO[O-])C21.[Na+]. The number of Topliss-reactive ketones (excluding diaryl/α,β-unsaturated/α-hetero) is 2. The number of nitroso groups, excluding NO2 is 1. The van der Waals surface area contributed by atoms with Crippen LogP contribution in [-0.2, 0) is 19.2 Å². The number of rotatable bonds is 15. The van der Waals surface area contributed by atoms with E-state index in [9.17, 15) is 35.1 Å². The van der Waals surface area contributed by atoms with E-state index >= 15 is 0 Å². The summed E-state index contributed by atoms with van der Waals surface area (Å²) < 4.78 is 5.94. The molecule has 2 aliphatic rings. The number of aliphatic hydroxyl groups is 3. The van der Waals surface area contributed by atoms with Gasteiger partial charge in [0.2, 0.25) is 5.54 Å². The minimum absolute atomic E-state index is 0. The third-order valence-corrected chi connectivity index (χ3v) is 7.30. The third-order valence-electron chi connectivity index (χ3n) is 7.30. The smallest absolute Gasteiger partial charge is 0.723 e. The summed E-state index contributed by atoms with van der Waals surface area (Å²) in [4.78, 5) is 39.9. The van der Waals surface area contributed by atoms with Crippen molar-refractivity contribution in [1.82, 2.24) is 0 Å². The van der Waals surface area contributed by atoms with Crippen molar-refractivity contribution in [2.75, 3.05) is 13.2 Å². The van der Waals surface area contributed by atoms with Crippen molar-refractivity contribution >= 4 is 11.6 Å². The number of hydrogen-bond donors (Lipinski definition) is 3. The quantitative estimate of drug-likeness (QED) is 0.0740. The number of allylic oxidation sites excluding steroid dienone is 2. The van der Waals surface area contributed by atoms with Crippen LogP contribution in [0.5, 0.6) is 0 Å². The van der Waals surface area contributed by atoms with Crippen LogP contribution in [0.25, 0.3) is 0 Å². The number of nitrogens with zero attached hydrogens (tertiary/aromatic N) is 1. The molecule has 8 unspecified atom stereocenters. The Hall–Kier alpha value is -0.820. The molecule has 8 atom stereocenters. The van der Waals surface area contributed by atoms with E-state index in [4.69, 9.17) is 4.74 Å². The molecule has 11 heteroatoms. The van der Waals surface area contributed by atoms with Gasteiger partial charge < -0.3 is 30.2 Å². The van der Waals surface area contributed by atoms with Crippen LogP contribution in [0.15, 0.2) is 29.0 Å². The van der Waals surface area contributed by atoms with Gasteiger partial charge >= 0.3 is 29.6 Å². The number of fused-ring (bicyclic) bond motifs is 1. The predicted octanol–water partition coefficient (Wildman–Crippen LogP) is -1.85.